The molecule has 0 aromatic rings. The first kappa shape index (κ1) is 13.0. The van der Waals surface area contributed by atoms with Crippen molar-refractivity contribution in [3.8, 4) is 0 Å². The predicted octanol–water partition coefficient (Wildman–Crippen LogP) is -0.608. The lowest BCUT2D eigenvalue weighted by molar-refractivity contribution is -0.138. The zero-order valence-corrected chi connectivity index (χ0v) is 10.6. The van der Waals surface area contributed by atoms with Crippen LogP contribution in [0.15, 0.2) is 0 Å². The number of piperidine rings is 1. The molecule has 3 amide bonds. The first-order valence-corrected chi connectivity index (χ1v) is 6.51. The van der Waals surface area contributed by atoms with E-state index >= 15 is 0 Å². The lowest BCUT2D eigenvalue weighted by Gasteiger charge is -2.25. The molecule has 0 saturated carbocycles. The molecular weight excluding hydrogens is 234 g/mol. The number of carbonyl (C=O) groups excluding carboxylic acids is 3. The molecular formula is C12H19N3O3. The normalized spacial score (nSPS) is 28.7. The number of carbonyl (C=O) groups is 3. The van der Waals surface area contributed by atoms with Crippen LogP contribution in [0.25, 0.3) is 0 Å². The van der Waals surface area contributed by atoms with Gasteiger partial charge < -0.3 is 5.32 Å². The summed E-state index contributed by atoms with van der Waals surface area (Å²) in [5.41, 5.74) is 0. The number of likely N-dealkylation sites (tertiary alicyclic amines) is 1. The van der Waals surface area contributed by atoms with Gasteiger partial charge in [0.2, 0.25) is 17.7 Å². The van der Waals surface area contributed by atoms with Crippen molar-refractivity contribution in [1.82, 2.24) is 15.5 Å². The van der Waals surface area contributed by atoms with Crippen LogP contribution in [-0.2, 0) is 14.4 Å². The average Bonchev–Trinajstić information content (AvgIpc) is 2.60. The van der Waals surface area contributed by atoms with E-state index < -0.39 is 6.04 Å². The topological polar surface area (TPSA) is 78.5 Å². The molecule has 2 aliphatic rings. The molecule has 2 rings (SSSR count). The second-order valence-electron chi connectivity index (χ2n) is 4.79. The smallest absolute Gasteiger partial charge is 0.246 e. The van der Waals surface area contributed by atoms with Crippen molar-refractivity contribution in [2.45, 2.75) is 44.7 Å². The van der Waals surface area contributed by atoms with Gasteiger partial charge in [-0.15, -0.1) is 0 Å². The van der Waals surface area contributed by atoms with Crippen molar-refractivity contribution in [2.75, 3.05) is 13.1 Å². The van der Waals surface area contributed by atoms with Crippen molar-refractivity contribution in [1.29, 1.82) is 0 Å². The van der Waals surface area contributed by atoms with Crippen LogP contribution >= 0.6 is 0 Å². The van der Waals surface area contributed by atoms with E-state index in [1.807, 2.05) is 6.92 Å². The monoisotopic (exact) mass is 253 g/mol. The molecule has 18 heavy (non-hydrogen) atoms. The third-order valence-electron chi connectivity index (χ3n) is 3.38. The second-order valence-corrected chi connectivity index (χ2v) is 4.79. The molecule has 2 atom stereocenters. The van der Waals surface area contributed by atoms with E-state index in [0.29, 0.717) is 13.1 Å². The van der Waals surface area contributed by atoms with E-state index in [1.54, 1.807) is 0 Å². The van der Waals surface area contributed by atoms with Crippen LogP contribution < -0.4 is 10.6 Å². The Morgan fingerprint density at radius 1 is 1.33 bits per heavy atom. The quantitative estimate of drug-likeness (QED) is 0.655. The maximum absolute atomic E-state index is 12.0. The Morgan fingerprint density at radius 2 is 2.11 bits per heavy atom. The maximum Gasteiger partial charge on any atom is 0.246 e. The fraction of sp³-hybridized carbons (Fsp3) is 0.750. The standard InChI is InChI=1S/C12H19N3O3/c1-2-6-15-10(16)7-9(12(15)18)14-8-4-3-5-13-11(8)17/h8-9,14H,2-7H2,1H3,(H,13,17). The molecule has 100 valence electrons. The largest absolute Gasteiger partial charge is 0.355 e. The third-order valence-corrected chi connectivity index (χ3v) is 3.38. The van der Waals surface area contributed by atoms with E-state index in [2.05, 4.69) is 10.6 Å². The molecule has 2 fully saturated rings. The van der Waals surface area contributed by atoms with Gasteiger partial charge in [-0.05, 0) is 19.3 Å². The number of nitrogens with one attached hydrogen (secondary N) is 2. The van der Waals surface area contributed by atoms with Gasteiger partial charge in [-0.2, -0.15) is 0 Å². The molecule has 6 heteroatoms. The van der Waals surface area contributed by atoms with Crippen LogP contribution in [0.4, 0.5) is 0 Å². The van der Waals surface area contributed by atoms with Crippen molar-refractivity contribution >= 4 is 17.7 Å². The SMILES string of the molecule is CCCN1C(=O)CC(NC2CCCNC2=O)C1=O. The predicted molar refractivity (Wildman–Crippen MR) is 64.6 cm³/mol. The van der Waals surface area contributed by atoms with Crippen molar-refractivity contribution in [2.24, 2.45) is 0 Å². The van der Waals surface area contributed by atoms with Crippen LogP contribution in [0.1, 0.15) is 32.6 Å². The first-order valence-electron chi connectivity index (χ1n) is 6.51. The highest BCUT2D eigenvalue weighted by molar-refractivity contribution is 6.05. The third kappa shape index (κ3) is 2.53. The fourth-order valence-corrected chi connectivity index (χ4v) is 2.45. The maximum atomic E-state index is 12.0. The minimum absolute atomic E-state index is 0.0737. The summed E-state index contributed by atoms with van der Waals surface area (Å²) in [6.07, 6.45) is 2.55. The van der Waals surface area contributed by atoms with Gasteiger partial charge in [0.1, 0.15) is 0 Å². The molecule has 2 aliphatic heterocycles. The van der Waals surface area contributed by atoms with Gasteiger partial charge in [0.15, 0.2) is 0 Å². The van der Waals surface area contributed by atoms with Crippen molar-refractivity contribution < 1.29 is 14.4 Å². The zero-order valence-electron chi connectivity index (χ0n) is 10.6. The molecule has 2 N–H and O–H groups in total. The number of amides is 3. The highest BCUT2D eigenvalue weighted by Gasteiger charge is 2.40. The van der Waals surface area contributed by atoms with Gasteiger partial charge in [-0.25, -0.2) is 0 Å². The van der Waals surface area contributed by atoms with Gasteiger partial charge in [0.05, 0.1) is 18.5 Å². The highest BCUT2D eigenvalue weighted by atomic mass is 16.2. The Morgan fingerprint density at radius 3 is 2.78 bits per heavy atom. The Hall–Kier alpha value is -1.43. The molecule has 2 unspecified atom stereocenters. The molecule has 0 aromatic heterocycles. The van der Waals surface area contributed by atoms with Gasteiger partial charge in [0, 0.05) is 13.1 Å². The molecule has 2 saturated heterocycles. The first-order chi connectivity index (χ1) is 8.63. The molecule has 0 bridgehead atoms. The number of imide groups is 1. The van der Waals surface area contributed by atoms with Gasteiger partial charge in [-0.1, -0.05) is 6.92 Å². The Bertz CT molecular complexity index is 370. The zero-order chi connectivity index (χ0) is 13.1. The summed E-state index contributed by atoms with van der Waals surface area (Å²) in [5.74, 6) is -0.411. The second kappa shape index (κ2) is 5.48. The minimum Gasteiger partial charge on any atom is -0.355 e. The molecule has 0 radical (unpaired) electrons. The number of hydrogen-bond acceptors (Lipinski definition) is 4. The number of hydrogen-bond donors (Lipinski definition) is 2. The van der Waals surface area contributed by atoms with Gasteiger partial charge in [0.25, 0.3) is 0 Å². The van der Waals surface area contributed by atoms with E-state index in [1.165, 1.54) is 4.90 Å². The summed E-state index contributed by atoms with van der Waals surface area (Å²) in [6.45, 7) is 3.08. The lowest BCUT2D eigenvalue weighted by Crippen LogP contribution is -2.53. The van der Waals surface area contributed by atoms with Crippen LogP contribution in [0.5, 0.6) is 0 Å². The van der Waals surface area contributed by atoms with Crippen LogP contribution in [0.2, 0.25) is 0 Å². The van der Waals surface area contributed by atoms with Crippen LogP contribution in [0, 0.1) is 0 Å². The lowest BCUT2D eigenvalue weighted by atomic mass is 10.1. The summed E-state index contributed by atoms with van der Waals surface area (Å²) in [5, 5.41) is 5.77. The molecule has 0 spiro atoms. The number of nitrogens with zero attached hydrogens (tertiary/aromatic N) is 1. The Kier molecular flexibility index (Phi) is 3.96. The van der Waals surface area contributed by atoms with Crippen LogP contribution in [-0.4, -0.2) is 47.8 Å². The molecule has 2 heterocycles. The average molecular weight is 253 g/mol. The summed E-state index contributed by atoms with van der Waals surface area (Å²) in [7, 11) is 0. The Balaban J connectivity index is 1.96. The fourth-order valence-electron chi connectivity index (χ4n) is 2.45. The van der Waals surface area contributed by atoms with Gasteiger partial charge >= 0.3 is 0 Å². The van der Waals surface area contributed by atoms with E-state index in [-0.39, 0.29) is 30.2 Å². The van der Waals surface area contributed by atoms with Gasteiger partial charge in [-0.3, -0.25) is 24.6 Å². The van der Waals surface area contributed by atoms with E-state index in [4.69, 9.17) is 0 Å². The summed E-state index contributed by atoms with van der Waals surface area (Å²) in [4.78, 5) is 36.6. The molecule has 6 nitrogen and oxygen atoms in total. The molecule has 0 aliphatic carbocycles. The van der Waals surface area contributed by atoms with Crippen molar-refractivity contribution in [3.63, 3.8) is 0 Å². The minimum atomic E-state index is -0.530. The summed E-state index contributed by atoms with van der Waals surface area (Å²) < 4.78 is 0. The highest BCUT2D eigenvalue weighted by Crippen LogP contribution is 2.15. The van der Waals surface area contributed by atoms with Crippen LogP contribution in [0.3, 0.4) is 0 Å². The van der Waals surface area contributed by atoms with Crippen molar-refractivity contribution in [3.05, 3.63) is 0 Å². The summed E-state index contributed by atoms with van der Waals surface area (Å²) >= 11 is 0. The molecule has 0 aromatic carbocycles. The Labute approximate surface area is 106 Å². The van der Waals surface area contributed by atoms with E-state index in [0.717, 1.165) is 19.3 Å². The van der Waals surface area contributed by atoms with E-state index in [9.17, 15) is 14.4 Å². The number of rotatable bonds is 4. The summed E-state index contributed by atoms with van der Waals surface area (Å²) in [6, 6.07) is -0.875.